The molecular weight excluding hydrogens is 248 g/mol. The predicted molar refractivity (Wildman–Crippen MR) is 67.3 cm³/mol. The number of anilines is 1. The molecule has 6 nitrogen and oxygen atoms in total. The van der Waals surface area contributed by atoms with Crippen LogP contribution in [0.25, 0.3) is 0 Å². The van der Waals surface area contributed by atoms with E-state index in [1.165, 1.54) is 7.11 Å². The summed E-state index contributed by atoms with van der Waals surface area (Å²) in [5.74, 6) is -0.0267. The van der Waals surface area contributed by atoms with Crippen LogP contribution in [0.1, 0.15) is 10.4 Å². The van der Waals surface area contributed by atoms with E-state index >= 15 is 0 Å². The van der Waals surface area contributed by atoms with E-state index in [9.17, 15) is 9.59 Å². The maximum atomic E-state index is 12.1. The lowest BCUT2D eigenvalue weighted by Crippen LogP contribution is -2.70. The van der Waals surface area contributed by atoms with Crippen LogP contribution in [-0.4, -0.2) is 49.6 Å². The molecule has 0 aliphatic carbocycles. The Morgan fingerprint density at radius 3 is 2.84 bits per heavy atom. The zero-order valence-electron chi connectivity index (χ0n) is 10.7. The average Bonchev–Trinajstić information content (AvgIpc) is 2.36. The van der Waals surface area contributed by atoms with Gasteiger partial charge in [-0.25, -0.2) is 4.79 Å². The molecule has 1 fully saturated rings. The lowest BCUT2D eigenvalue weighted by molar-refractivity contribution is -0.147. The van der Waals surface area contributed by atoms with Crippen molar-refractivity contribution in [3.05, 3.63) is 23.8 Å². The molecule has 2 heterocycles. The van der Waals surface area contributed by atoms with E-state index < -0.39 is 11.6 Å². The molecule has 0 aromatic heterocycles. The monoisotopic (exact) mass is 262 g/mol. The van der Waals surface area contributed by atoms with Crippen molar-refractivity contribution in [3.63, 3.8) is 0 Å². The summed E-state index contributed by atoms with van der Waals surface area (Å²) in [6.45, 7) is 1.13. The number of carbonyl (C=O) groups is 2. The SMILES string of the molecule is COC(=O)c1ccc2c(c1)NC(=O)C1(CN(C)C1)O2. The fourth-order valence-electron chi connectivity index (χ4n) is 2.49. The second-order valence-electron chi connectivity index (χ2n) is 4.93. The van der Waals surface area contributed by atoms with Gasteiger partial charge in [-0.05, 0) is 25.2 Å². The van der Waals surface area contributed by atoms with Gasteiger partial charge < -0.3 is 14.8 Å². The molecule has 0 bridgehead atoms. The van der Waals surface area contributed by atoms with Gasteiger partial charge in [-0.2, -0.15) is 0 Å². The first kappa shape index (κ1) is 12.0. The van der Waals surface area contributed by atoms with E-state index in [2.05, 4.69) is 10.1 Å². The molecule has 0 saturated carbocycles. The first-order valence-corrected chi connectivity index (χ1v) is 5.95. The van der Waals surface area contributed by atoms with Crippen molar-refractivity contribution < 1.29 is 19.1 Å². The number of rotatable bonds is 1. The van der Waals surface area contributed by atoms with Gasteiger partial charge in [0.2, 0.25) is 5.60 Å². The molecule has 6 heteroatoms. The van der Waals surface area contributed by atoms with E-state index in [4.69, 9.17) is 4.74 Å². The molecule has 1 saturated heterocycles. The van der Waals surface area contributed by atoms with Gasteiger partial charge in [0.1, 0.15) is 5.75 Å². The highest BCUT2D eigenvalue weighted by molar-refractivity contribution is 6.03. The number of likely N-dealkylation sites (tertiary alicyclic amines) is 1. The van der Waals surface area contributed by atoms with Crippen molar-refractivity contribution in [2.24, 2.45) is 0 Å². The molecule has 0 unspecified atom stereocenters. The molecule has 1 aromatic rings. The summed E-state index contributed by atoms with van der Waals surface area (Å²) in [5, 5.41) is 2.79. The molecule has 2 aliphatic rings. The number of nitrogens with zero attached hydrogens (tertiary/aromatic N) is 1. The van der Waals surface area contributed by atoms with Gasteiger partial charge in [0.15, 0.2) is 0 Å². The Hall–Kier alpha value is -2.08. The maximum Gasteiger partial charge on any atom is 0.337 e. The Bertz CT molecular complexity index is 564. The van der Waals surface area contributed by atoms with Gasteiger partial charge in [0.05, 0.1) is 18.4 Å². The first-order chi connectivity index (χ1) is 9.04. The number of hydrogen-bond donors (Lipinski definition) is 1. The fraction of sp³-hybridized carbons (Fsp3) is 0.385. The summed E-state index contributed by atoms with van der Waals surface area (Å²) < 4.78 is 10.4. The average molecular weight is 262 g/mol. The quantitative estimate of drug-likeness (QED) is 0.746. The van der Waals surface area contributed by atoms with Crippen LogP contribution in [-0.2, 0) is 9.53 Å². The highest BCUT2D eigenvalue weighted by Crippen LogP contribution is 2.38. The normalized spacial score (nSPS) is 20.0. The number of hydrogen-bond acceptors (Lipinski definition) is 5. The van der Waals surface area contributed by atoms with E-state index in [1.54, 1.807) is 18.2 Å². The Morgan fingerprint density at radius 2 is 2.21 bits per heavy atom. The van der Waals surface area contributed by atoms with Crippen molar-refractivity contribution >= 4 is 17.6 Å². The molecular formula is C13H14N2O4. The molecule has 1 amide bonds. The second-order valence-corrected chi connectivity index (χ2v) is 4.93. The number of benzene rings is 1. The Labute approximate surface area is 110 Å². The van der Waals surface area contributed by atoms with Gasteiger partial charge in [0.25, 0.3) is 5.91 Å². The van der Waals surface area contributed by atoms with Gasteiger partial charge in [-0.1, -0.05) is 0 Å². The number of nitrogens with one attached hydrogen (secondary N) is 1. The van der Waals surface area contributed by atoms with Gasteiger partial charge in [-0.15, -0.1) is 0 Å². The molecule has 1 spiro atoms. The molecule has 2 aliphatic heterocycles. The van der Waals surface area contributed by atoms with Gasteiger partial charge >= 0.3 is 5.97 Å². The zero-order chi connectivity index (χ0) is 13.6. The Morgan fingerprint density at radius 1 is 1.47 bits per heavy atom. The second kappa shape index (κ2) is 3.96. The Kier molecular flexibility index (Phi) is 2.50. The molecule has 3 rings (SSSR count). The van der Waals surface area contributed by atoms with Gasteiger partial charge in [0, 0.05) is 13.1 Å². The van der Waals surface area contributed by atoms with Gasteiger partial charge in [-0.3, -0.25) is 9.69 Å². The molecule has 100 valence electrons. The minimum atomic E-state index is -0.783. The summed E-state index contributed by atoms with van der Waals surface area (Å²) in [7, 11) is 3.24. The summed E-state index contributed by atoms with van der Waals surface area (Å²) in [6.07, 6.45) is 0. The van der Waals surface area contributed by atoms with Crippen LogP contribution >= 0.6 is 0 Å². The van der Waals surface area contributed by atoms with E-state index in [1.807, 2.05) is 11.9 Å². The predicted octanol–water partition coefficient (Wildman–Crippen LogP) is 0.488. The smallest absolute Gasteiger partial charge is 0.337 e. The zero-order valence-corrected chi connectivity index (χ0v) is 10.7. The molecule has 0 radical (unpaired) electrons. The minimum Gasteiger partial charge on any atom is -0.472 e. The molecule has 19 heavy (non-hydrogen) atoms. The summed E-state index contributed by atoms with van der Waals surface area (Å²) in [4.78, 5) is 25.5. The van der Waals surface area contributed by atoms with Crippen LogP contribution in [0, 0.1) is 0 Å². The highest BCUT2D eigenvalue weighted by Gasteiger charge is 2.52. The fourth-order valence-corrected chi connectivity index (χ4v) is 2.49. The summed E-state index contributed by atoms with van der Waals surface area (Å²) in [5.41, 5.74) is 0.106. The van der Waals surface area contributed by atoms with Crippen molar-refractivity contribution in [1.82, 2.24) is 4.90 Å². The molecule has 1 aromatic carbocycles. The van der Waals surface area contributed by atoms with Crippen LogP contribution in [0.15, 0.2) is 18.2 Å². The standard InChI is InChI=1S/C13H14N2O4/c1-15-6-13(7-15)12(17)14-9-5-8(11(16)18-2)3-4-10(9)19-13/h3-5H,6-7H2,1-2H3,(H,14,17). The highest BCUT2D eigenvalue weighted by atomic mass is 16.5. The first-order valence-electron chi connectivity index (χ1n) is 5.95. The number of methoxy groups -OCH3 is 1. The number of amides is 1. The van der Waals surface area contributed by atoms with Crippen LogP contribution in [0.4, 0.5) is 5.69 Å². The van der Waals surface area contributed by atoms with Crippen molar-refractivity contribution in [3.8, 4) is 5.75 Å². The lowest BCUT2D eigenvalue weighted by Gasteiger charge is -2.48. The molecule has 0 atom stereocenters. The van der Waals surface area contributed by atoms with Crippen LogP contribution in [0.3, 0.4) is 0 Å². The summed E-state index contributed by atoms with van der Waals surface area (Å²) in [6, 6.07) is 4.87. The third-order valence-electron chi connectivity index (χ3n) is 3.42. The van der Waals surface area contributed by atoms with Crippen LogP contribution in [0.5, 0.6) is 5.75 Å². The number of esters is 1. The number of carbonyl (C=O) groups excluding carboxylic acids is 2. The third-order valence-corrected chi connectivity index (χ3v) is 3.42. The number of fused-ring (bicyclic) bond motifs is 1. The van der Waals surface area contributed by atoms with E-state index in [0.717, 1.165) is 0 Å². The number of likely N-dealkylation sites (N-methyl/N-ethyl adjacent to an activating group) is 1. The molecule has 1 N–H and O–H groups in total. The Balaban J connectivity index is 1.91. The number of ether oxygens (including phenoxy) is 2. The lowest BCUT2D eigenvalue weighted by atomic mass is 9.91. The van der Waals surface area contributed by atoms with Crippen molar-refractivity contribution in [2.75, 3.05) is 32.6 Å². The van der Waals surface area contributed by atoms with E-state index in [0.29, 0.717) is 30.1 Å². The van der Waals surface area contributed by atoms with Crippen LogP contribution in [0.2, 0.25) is 0 Å². The van der Waals surface area contributed by atoms with Crippen molar-refractivity contribution in [1.29, 1.82) is 0 Å². The third kappa shape index (κ3) is 1.76. The van der Waals surface area contributed by atoms with Crippen molar-refractivity contribution in [2.45, 2.75) is 5.60 Å². The largest absolute Gasteiger partial charge is 0.472 e. The topological polar surface area (TPSA) is 67.9 Å². The van der Waals surface area contributed by atoms with E-state index in [-0.39, 0.29) is 5.91 Å². The maximum absolute atomic E-state index is 12.1. The van der Waals surface area contributed by atoms with Crippen LogP contribution < -0.4 is 10.1 Å². The summed E-state index contributed by atoms with van der Waals surface area (Å²) >= 11 is 0. The minimum absolute atomic E-state index is 0.167.